The van der Waals surface area contributed by atoms with Gasteiger partial charge in [0, 0.05) is 10.9 Å². The van der Waals surface area contributed by atoms with Crippen LogP contribution in [0.3, 0.4) is 0 Å². The van der Waals surface area contributed by atoms with Gasteiger partial charge in [0.1, 0.15) is 0 Å². The summed E-state index contributed by atoms with van der Waals surface area (Å²) in [5.74, 6) is 0. The second-order valence-electron chi connectivity index (χ2n) is 5.71. The average molecular weight is 236 g/mol. The Morgan fingerprint density at radius 1 is 1.31 bits per heavy atom. The van der Waals surface area contributed by atoms with Crippen molar-refractivity contribution >= 4 is 11.3 Å². The van der Waals surface area contributed by atoms with E-state index >= 15 is 0 Å². The first kappa shape index (κ1) is 10.7. The Hall–Kier alpha value is -0.410. The fourth-order valence-corrected chi connectivity index (χ4v) is 4.17. The smallest absolute Gasteiger partial charge is 0.0797 e. The van der Waals surface area contributed by atoms with Gasteiger partial charge in [0.2, 0.25) is 0 Å². The minimum atomic E-state index is 0.584. The molecule has 16 heavy (non-hydrogen) atoms. The van der Waals surface area contributed by atoms with Crippen molar-refractivity contribution in [1.29, 1.82) is 0 Å². The summed E-state index contributed by atoms with van der Waals surface area (Å²) in [4.78, 5) is 8.69. The highest BCUT2D eigenvalue weighted by Gasteiger charge is 2.41. The van der Waals surface area contributed by atoms with Gasteiger partial charge in [-0.05, 0) is 58.0 Å². The molecule has 0 bridgehead atoms. The zero-order chi connectivity index (χ0) is 11.2. The quantitative estimate of drug-likeness (QED) is 0.745. The summed E-state index contributed by atoms with van der Waals surface area (Å²) < 4.78 is 0. The predicted molar refractivity (Wildman–Crippen MR) is 67.9 cm³/mol. The fraction of sp³-hybridized carbons (Fsp3) is 0.769. The van der Waals surface area contributed by atoms with Crippen molar-refractivity contribution in [2.75, 3.05) is 13.1 Å². The van der Waals surface area contributed by atoms with Crippen LogP contribution in [0.15, 0.2) is 5.51 Å². The van der Waals surface area contributed by atoms with Crippen molar-refractivity contribution in [3.05, 3.63) is 16.1 Å². The molecule has 1 fully saturated rings. The third kappa shape index (κ3) is 1.70. The van der Waals surface area contributed by atoms with E-state index in [9.17, 15) is 0 Å². The molecule has 1 spiro atoms. The Kier molecular flexibility index (Phi) is 2.55. The molecule has 3 heteroatoms. The summed E-state index contributed by atoms with van der Waals surface area (Å²) in [5, 5.41) is 0. The summed E-state index contributed by atoms with van der Waals surface area (Å²) in [5.41, 5.74) is 4.00. The van der Waals surface area contributed by atoms with Gasteiger partial charge in [-0.15, -0.1) is 11.3 Å². The number of fused-ring (bicyclic) bond motifs is 1. The Morgan fingerprint density at radius 3 is 2.69 bits per heavy atom. The maximum absolute atomic E-state index is 4.51. The lowest BCUT2D eigenvalue weighted by atomic mass is 9.76. The van der Waals surface area contributed by atoms with E-state index in [0.29, 0.717) is 11.5 Å². The van der Waals surface area contributed by atoms with Gasteiger partial charge in [-0.1, -0.05) is 0 Å². The fourth-order valence-electron chi connectivity index (χ4n) is 3.21. The van der Waals surface area contributed by atoms with E-state index in [1.165, 1.54) is 44.5 Å². The number of nitrogens with zero attached hydrogens (tertiary/aromatic N) is 2. The summed E-state index contributed by atoms with van der Waals surface area (Å²) in [6.07, 6.45) is 5.29. The van der Waals surface area contributed by atoms with Crippen molar-refractivity contribution in [3.63, 3.8) is 0 Å². The van der Waals surface area contributed by atoms with Crippen LogP contribution in [0, 0.1) is 5.41 Å². The van der Waals surface area contributed by atoms with Gasteiger partial charge in [-0.2, -0.15) is 0 Å². The largest absolute Gasteiger partial charge is 0.301 e. The Bertz CT molecular complexity index is 353. The molecule has 0 aromatic carbocycles. The second-order valence-corrected chi connectivity index (χ2v) is 6.64. The topological polar surface area (TPSA) is 16.1 Å². The van der Waals surface area contributed by atoms with Crippen molar-refractivity contribution in [2.45, 2.75) is 45.6 Å². The number of rotatable bonds is 1. The van der Waals surface area contributed by atoms with Crippen molar-refractivity contribution in [2.24, 2.45) is 5.41 Å². The molecule has 3 rings (SSSR count). The zero-order valence-electron chi connectivity index (χ0n) is 10.2. The molecule has 0 amide bonds. The van der Waals surface area contributed by atoms with Gasteiger partial charge < -0.3 is 4.90 Å². The van der Waals surface area contributed by atoms with E-state index in [1.54, 1.807) is 4.88 Å². The molecule has 0 saturated carbocycles. The van der Waals surface area contributed by atoms with E-state index in [1.807, 2.05) is 16.8 Å². The first-order valence-electron chi connectivity index (χ1n) is 6.34. The predicted octanol–water partition coefficient (Wildman–Crippen LogP) is 2.73. The van der Waals surface area contributed by atoms with E-state index in [0.717, 1.165) is 0 Å². The molecule has 0 unspecified atom stereocenters. The lowest BCUT2D eigenvalue weighted by Gasteiger charge is -2.41. The normalized spacial score (nSPS) is 24.2. The van der Waals surface area contributed by atoms with Crippen LogP contribution in [0.5, 0.6) is 0 Å². The first-order valence-corrected chi connectivity index (χ1v) is 7.22. The Morgan fingerprint density at radius 2 is 2.06 bits per heavy atom. The first-order chi connectivity index (χ1) is 7.69. The highest BCUT2D eigenvalue weighted by molar-refractivity contribution is 7.09. The third-order valence-electron chi connectivity index (χ3n) is 4.39. The lowest BCUT2D eigenvalue weighted by molar-refractivity contribution is 0.0893. The van der Waals surface area contributed by atoms with Crippen LogP contribution in [0.25, 0.3) is 0 Å². The monoisotopic (exact) mass is 236 g/mol. The van der Waals surface area contributed by atoms with Crippen LogP contribution in [0.4, 0.5) is 0 Å². The maximum atomic E-state index is 4.51. The summed E-state index contributed by atoms with van der Waals surface area (Å²) >= 11 is 1.86. The molecule has 1 aliphatic heterocycles. The molecule has 2 aliphatic rings. The number of aromatic nitrogens is 1. The Labute approximate surface area is 102 Å². The molecule has 0 radical (unpaired) electrons. The number of likely N-dealkylation sites (tertiary alicyclic amines) is 1. The van der Waals surface area contributed by atoms with Gasteiger partial charge in [0.15, 0.2) is 0 Å². The molecule has 0 atom stereocenters. The molecule has 88 valence electrons. The van der Waals surface area contributed by atoms with Gasteiger partial charge in [-0.3, -0.25) is 0 Å². The molecule has 2 nitrogen and oxygen atoms in total. The summed E-state index contributed by atoms with van der Waals surface area (Å²) in [7, 11) is 0. The van der Waals surface area contributed by atoms with Crippen molar-refractivity contribution in [3.8, 4) is 0 Å². The van der Waals surface area contributed by atoms with Gasteiger partial charge in [0.25, 0.3) is 0 Å². The SMILES string of the molecule is CC(C)N1CCC2(CC1)Cc1ncsc1C2. The van der Waals surface area contributed by atoms with Gasteiger partial charge in [0.05, 0.1) is 11.2 Å². The minimum Gasteiger partial charge on any atom is -0.301 e. The van der Waals surface area contributed by atoms with E-state index < -0.39 is 0 Å². The van der Waals surface area contributed by atoms with E-state index in [-0.39, 0.29) is 0 Å². The number of piperidine rings is 1. The number of hydrogen-bond acceptors (Lipinski definition) is 3. The molecule has 1 aromatic rings. The minimum absolute atomic E-state index is 0.584. The van der Waals surface area contributed by atoms with Crippen LogP contribution < -0.4 is 0 Å². The number of hydrogen-bond donors (Lipinski definition) is 0. The molecular formula is C13H20N2S. The summed E-state index contributed by atoms with van der Waals surface area (Å²) in [6, 6.07) is 0.714. The van der Waals surface area contributed by atoms with Crippen molar-refractivity contribution in [1.82, 2.24) is 9.88 Å². The number of thiazole rings is 1. The van der Waals surface area contributed by atoms with Crippen LogP contribution >= 0.6 is 11.3 Å². The standard InChI is InChI=1S/C13H20N2S/c1-10(2)15-5-3-13(4-6-15)7-11-12(8-13)16-9-14-11/h9-10H,3-8H2,1-2H3. The lowest BCUT2D eigenvalue weighted by Crippen LogP contribution is -2.43. The van der Waals surface area contributed by atoms with Crippen LogP contribution in [0.2, 0.25) is 0 Å². The average Bonchev–Trinajstić information content (AvgIpc) is 2.77. The molecule has 1 aromatic heterocycles. The summed E-state index contributed by atoms with van der Waals surface area (Å²) in [6.45, 7) is 7.19. The molecule has 0 N–H and O–H groups in total. The van der Waals surface area contributed by atoms with Crippen LogP contribution in [-0.4, -0.2) is 29.0 Å². The molecule has 2 heterocycles. The Balaban J connectivity index is 1.69. The molecule has 1 aliphatic carbocycles. The highest BCUT2D eigenvalue weighted by atomic mass is 32.1. The van der Waals surface area contributed by atoms with Crippen LogP contribution in [0.1, 0.15) is 37.3 Å². The maximum Gasteiger partial charge on any atom is 0.0797 e. The highest BCUT2D eigenvalue weighted by Crippen LogP contribution is 2.45. The third-order valence-corrected chi connectivity index (χ3v) is 5.27. The van der Waals surface area contributed by atoms with Gasteiger partial charge >= 0.3 is 0 Å². The van der Waals surface area contributed by atoms with Crippen molar-refractivity contribution < 1.29 is 0 Å². The van der Waals surface area contributed by atoms with Crippen LogP contribution in [-0.2, 0) is 12.8 Å². The molecular weight excluding hydrogens is 216 g/mol. The molecule has 1 saturated heterocycles. The van der Waals surface area contributed by atoms with E-state index in [2.05, 4.69) is 23.7 Å². The van der Waals surface area contributed by atoms with E-state index in [4.69, 9.17) is 0 Å². The zero-order valence-corrected chi connectivity index (χ0v) is 11.0. The second kappa shape index (κ2) is 3.81. The van der Waals surface area contributed by atoms with Gasteiger partial charge in [-0.25, -0.2) is 4.98 Å².